The molecule has 0 amide bonds. The fourth-order valence-corrected chi connectivity index (χ4v) is 2.33. The molecule has 1 aliphatic rings. The van der Waals surface area contributed by atoms with Gasteiger partial charge in [0.15, 0.2) is 0 Å². The van der Waals surface area contributed by atoms with Crippen LogP contribution in [0.3, 0.4) is 0 Å². The maximum atomic E-state index is 5.75. The smallest absolute Gasteiger partial charge is 0.0829 e. The van der Waals surface area contributed by atoms with E-state index in [0.717, 1.165) is 13.0 Å². The SMILES string of the molecule is CCOC(C)(C)C(NN)C1=CCCCC1. The molecule has 1 atom stereocenters. The Balaban J connectivity index is 2.72. The molecule has 15 heavy (non-hydrogen) atoms. The van der Waals surface area contributed by atoms with Gasteiger partial charge in [0.05, 0.1) is 11.6 Å². The maximum absolute atomic E-state index is 5.75. The summed E-state index contributed by atoms with van der Waals surface area (Å²) < 4.78 is 5.75. The molecule has 0 aromatic heterocycles. The number of rotatable bonds is 5. The summed E-state index contributed by atoms with van der Waals surface area (Å²) in [5.74, 6) is 5.65. The van der Waals surface area contributed by atoms with Crippen LogP contribution in [0.1, 0.15) is 46.5 Å². The number of hydrogen-bond acceptors (Lipinski definition) is 3. The molecule has 0 aliphatic heterocycles. The molecule has 3 heteroatoms. The zero-order valence-corrected chi connectivity index (χ0v) is 10.2. The van der Waals surface area contributed by atoms with Crippen molar-refractivity contribution in [2.45, 2.75) is 58.1 Å². The average Bonchev–Trinajstić information content (AvgIpc) is 2.19. The fraction of sp³-hybridized carbons (Fsp3) is 0.833. The van der Waals surface area contributed by atoms with Crippen molar-refractivity contribution in [3.8, 4) is 0 Å². The standard InChI is InChI=1S/C12H24N2O/c1-4-15-12(2,3)11(14-13)10-8-6-5-7-9-10/h8,11,14H,4-7,9,13H2,1-3H3. The molecule has 88 valence electrons. The molecule has 0 bridgehead atoms. The summed E-state index contributed by atoms with van der Waals surface area (Å²) in [5.41, 5.74) is 4.08. The Morgan fingerprint density at radius 3 is 2.73 bits per heavy atom. The Labute approximate surface area is 93.0 Å². The van der Waals surface area contributed by atoms with E-state index in [9.17, 15) is 0 Å². The van der Waals surface area contributed by atoms with Gasteiger partial charge in [0.2, 0.25) is 0 Å². The van der Waals surface area contributed by atoms with E-state index >= 15 is 0 Å². The fourth-order valence-electron chi connectivity index (χ4n) is 2.33. The molecule has 3 nitrogen and oxygen atoms in total. The molecular weight excluding hydrogens is 188 g/mol. The van der Waals surface area contributed by atoms with Crippen molar-refractivity contribution in [1.82, 2.24) is 5.43 Å². The summed E-state index contributed by atoms with van der Waals surface area (Å²) in [6.07, 6.45) is 7.21. The normalized spacial score (nSPS) is 19.9. The van der Waals surface area contributed by atoms with Crippen LogP contribution in [-0.4, -0.2) is 18.2 Å². The Morgan fingerprint density at radius 1 is 1.53 bits per heavy atom. The van der Waals surface area contributed by atoms with Crippen molar-refractivity contribution >= 4 is 0 Å². The molecule has 0 spiro atoms. The molecule has 1 aliphatic carbocycles. The van der Waals surface area contributed by atoms with E-state index in [1.54, 1.807) is 0 Å². The lowest BCUT2D eigenvalue weighted by atomic mass is 9.85. The van der Waals surface area contributed by atoms with Crippen molar-refractivity contribution in [3.63, 3.8) is 0 Å². The van der Waals surface area contributed by atoms with Crippen LogP contribution in [0, 0.1) is 0 Å². The molecule has 0 saturated heterocycles. The third-order valence-corrected chi connectivity index (χ3v) is 3.08. The molecular formula is C12H24N2O. The van der Waals surface area contributed by atoms with Crippen molar-refractivity contribution in [1.29, 1.82) is 0 Å². The Bertz CT molecular complexity index is 224. The summed E-state index contributed by atoms with van der Waals surface area (Å²) in [6, 6.07) is 0.137. The first-order chi connectivity index (χ1) is 7.11. The summed E-state index contributed by atoms with van der Waals surface area (Å²) in [6.45, 7) is 6.93. The second-order valence-electron chi connectivity index (χ2n) is 4.66. The average molecular weight is 212 g/mol. The minimum Gasteiger partial charge on any atom is -0.374 e. The van der Waals surface area contributed by atoms with Crippen LogP contribution in [0.25, 0.3) is 0 Å². The second kappa shape index (κ2) is 5.64. The van der Waals surface area contributed by atoms with E-state index in [1.807, 2.05) is 6.92 Å². The van der Waals surface area contributed by atoms with E-state index in [-0.39, 0.29) is 11.6 Å². The molecule has 0 aromatic rings. The predicted octanol–water partition coefficient (Wildman–Crippen LogP) is 2.13. The van der Waals surface area contributed by atoms with Gasteiger partial charge in [-0.1, -0.05) is 11.6 Å². The highest BCUT2D eigenvalue weighted by atomic mass is 16.5. The van der Waals surface area contributed by atoms with E-state index in [4.69, 9.17) is 10.6 Å². The van der Waals surface area contributed by atoms with Crippen LogP contribution in [0.15, 0.2) is 11.6 Å². The summed E-state index contributed by atoms with van der Waals surface area (Å²) >= 11 is 0. The van der Waals surface area contributed by atoms with Crippen molar-refractivity contribution < 1.29 is 4.74 Å². The van der Waals surface area contributed by atoms with E-state index in [0.29, 0.717) is 0 Å². The monoisotopic (exact) mass is 212 g/mol. The van der Waals surface area contributed by atoms with Gasteiger partial charge < -0.3 is 4.74 Å². The van der Waals surface area contributed by atoms with Crippen LogP contribution in [0.2, 0.25) is 0 Å². The third-order valence-electron chi connectivity index (χ3n) is 3.08. The zero-order chi connectivity index (χ0) is 11.3. The molecule has 0 heterocycles. The number of hydrazine groups is 1. The minimum absolute atomic E-state index is 0.137. The number of nitrogens with two attached hydrogens (primary N) is 1. The van der Waals surface area contributed by atoms with Crippen LogP contribution >= 0.6 is 0 Å². The van der Waals surface area contributed by atoms with Crippen molar-refractivity contribution in [2.24, 2.45) is 5.84 Å². The number of ether oxygens (including phenoxy) is 1. The van der Waals surface area contributed by atoms with Gasteiger partial charge >= 0.3 is 0 Å². The van der Waals surface area contributed by atoms with E-state index < -0.39 is 0 Å². The first-order valence-electron chi connectivity index (χ1n) is 5.91. The minimum atomic E-state index is -0.229. The van der Waals surface area contributed by atoms with Crippen LogP contribution in [0.5, 0.6) is 0 Å². The van der Waals surface area contributed by atoms with Crippen LogP contribution < -0.4 is 11.3 Å². The molecule has 0 radical (unpaired) electrons. The largest absolute Gasteiger partial charge is 0.374 e. The predicted molar refractivity (Wildman–Crippen MR) is 63.4 cm³/mol. The lowest BCUT2D eigenvalue weighted by Gasteiger charge is -2.36. The quantitative estimate of drug-likeness (QED) is 0.417. The van der Waals surface area contributed by atoms with Crippen molar-refractivity contribution in [2.75, 3.05) is 6.61 Å². The van der Waals surface area contributed by atoms with Gasteiger partial charge in [-0.25, -0.2) is 0 Å². The zero-order valence-electron chi connectivity index (χ0n) is 10.2. The molecule has 1 rings (SSSR count). The van der Waals surface area contributed by atoms with Crippen molar-refractivity contribution in [3.05, 3.63) is 11.6 Å². The molecule has 1 unspecified atom stereocenters. The molecule has 0 fully saturated rings. The Hall–Kier alpha value is -0.380. The van der Waals surface area contributed by atoms with Gasteiger partial charge in [0, 0.05) is 6.61 Å². The second-order valence-corrected chi connectivity index (χ2v) is 4.66. The first-order valence-corrected chi connectivity index (χ1v) is 5.91. The topological polar surface area (TPSA) is 47.3 Å². The lowest BCUT2D eigenvalue weighted by Crippen LogP contribution is -2.52. The first kappa shape index (κ1) is 12.7. The van der Waals surface area contributed by atoms with Crippen LogP contribution in [-0.2, 0) is 4.74 Å². The van der Waals surface area contributed by atoms with Crippen LogP contribution in [0.4, 0.5) is 0 Å². The summed E-state index contributed by atoms with van der Waals surface area (Å²) in [7, 11) is 0. The molecule has 0 aromatic carbocycles. The highest BCUT2D eigenvalue weighted by molar-refractivity contribution is 5.17. The van der Waals surface area contributed by atoms with Gasteiger partial charge in [0.1, 0.15) is 0 Å². The van der Waals surface area contributed by atoms with Gasteiger partial charge in [-0.2, -0.15) is 0 Å². The van der Waals surface area contributed by atoms with E-state index in [2.05, 4.69) is 25.3 Å². The van der Waals surface area contributed by atoms with Gasteiger partial charge in [0.25, 0.3) is 0 Å². The van der Waals surface area contributed by atoms with E-state index in [1.165, 1.54) is 24.8 Å². The number of hydrogen-bond donors (Lipinski definition) is 2. The molecule has 3 N–H and O–H groups in total. The Kier molecular flexibility index (Phi) is 4.77. The van der Waals surface area contributed by atoms with Gasteiger partial charge in [-0.15, -0.1) is 0 Å². The highest BCUT2D eigenvalue weighted by Gasteiger charge is 2.32. The maximum Gasteiger partial charge on any atom is 0.0829 e. The number of allylic oxidation sites excluding steroid dienone is 1. The van der Waals surface area contributed by atoms with Gasteiger partial charge in [-0.05, 0) is 46.5 Å². The third kappa shape index (κ3) is 3.30. The Morgan fingerprint density at radius 2 is 2.27 bits per heavy atom. The van der Waals surface area contributed by atoms with Gasteiger partial charge in [-0.3, -0.25) is 11.3 Å². The summed E-state index contributed by atoms with van der Waals surface area (Å²) in [4.78, 5) is 0. The highest BCUT2D eigenvalue weighted by Crippen LogP contribution is 2.27. The summed E-state index contributed by atoms with van der Waals surface area (Å²) in [5, 5.41) is 0. The molecule has 0 saturated carbocycles. The number of nitrogens with one attached hydrogen (secondary N) is 1. The lowest BCUT2D eigenvalue weighted by molar-refractivity contribution is -0.0303.